The molecule has 0 aromatic rings. The van der Waals surface area contributed by atoms with Crippen LogP contribution in [0.2, 0.25) is 0 Å². The molecule has 0 fully saturated rings. The van der Waals surface area contributed by atoms with E-state index >= 15 is 0 Å². The second-order valence-electron chi connectivity index (χ2n) is 6.58. The number of allylic oxidation sites excluding steroid dienone is 4. The van der Waals surface area contributed by atoms with Gasteiger partial charge in [-0.1, -0.05) is 24.3 Å². The van der Waals surface area contributed by atoms with Gasteiger partial charge in [-0.05, 0) is 62.8 Å². The van der Waals surface area contributed by atoms with Crippen LogP contribution in [0.3, 0.4) is 0 Å². The standard InChI is InChI=1S/C20H28Cl2O2/c1-19(23-15-5-3-13-21)11-7-10-18-17(19)9-8-12-20(18,2)24-16-6-4-14-22/h7-12H,3-6,13-16H2,1-2H3. The lowest BCUT2D eigenvalue weighted by molar-refractivity contribution is 0.0101. The highest BCUT2D eigenvalue weighted by molar-refractivity contribution is 6.18. The smallest absolute Gasteiger partial charge is 0.109 e. The van der Waals surface area contributed by atoms with Crippen molar-refractivity contribution in [3.8, 4) is 0 Å². The number of rotatable bonds is 10. The molecule has 0 saturated heterocycles. The van der Waals surface area contributed by atoms with E-state index in [4.69, 9.17) is 32.7 Å². The summed E-state index contributed by atoms with van der Waals surface area (Å²) in [6, 6.07) is 0. The summed E-state index contributed by atoms with van der Waals surface area (Å²) in [7, 11) is 0. The molecule has 0 amide bonds. The molecule has 24 heavy (non-hydrogen) atoms. The van der Waals surface area contributed by atoms with Crippen molar-refractivity contribution in [1.82, 2.24) is 0 Å². The van der Waals surface area contributed by atoms with E-state index in [-0.39, 0.29) is 0 Å². The molecule has 4 heteroatoms. The predicted octanol–water partition coefficient (Wildman–Crippen LogP) is 5.57. The number of hydrogen-bond donors (Lipinski definition) is 0. The van der Waals surface area contributed by atoms with Crippen LogP contribution >= 0.6 is 23.2 Å². The Morgan fingerprint density at radius 2 is 1.17 bits per heavy atom. The molecule has 0 heterocycles. The lowest BCUT2D eigenvalue weighted by Crippen LogP contribution is -2.41. The Morgan fingerprint density at radius 3 is 1.54 bits per heavy atom. The van der Waals surface area contributed by atoms with Crippen molar-refractivity contribution in [3.63, 3.8) is 0 Å². The Hall–Kier alpha value is -0.540. The van der Waals surface area contributed by atoms with Gasteiger partial charge >= 0.3 is 0 Å². The predicted molar refractivity (Wildman–Crippen MR) is 103 cm³/mol. The van der Waals surface area contributed by atoms with E-state index in [0.29, 0.717) is 25.0 Å². The van der Waals surface area contributed by atoms with E-state index in [1.165, 1.54) is 11.1 Å². The molecule has 0 bridgehead atoms. The Morgan fingerprint density at radius 1 is 0.750 bits per heavy atom. The summed E-state index contributed by atoms with van der Waals surface area (Å²) < 4.78 is 12.4. The van der Waals surface area contributed by atoms with Crippen molar-refractivity contribution in [2.75, 3.05) is 25.0 Å². The van der Waals surface area contributed by atoms with Crippen molar-refractivity contribution in [2.24, 2.45) is 0 Å². The largest absolute Gasteiger partial charge is 0.366 e. The first kappa shape index (κ1) is 19.8. The molecule has 2 unspecified atom stereocenters. The number of halogens is 2. The normalized spacial score (nSPS) is 28.5. The summed E-state index contributed by atoms with van der Waals surface area (Å²) in [5.41, 5.74) is 1.53. The number of unbranched alkanes of at least 4 members (excludes halogenated alkanes) is 2. The summed E-state index contributed by atoms with van der Waals surface area (Å²) in [6.45, 7) is 5.65. The Kier molecular flexibility index (Phi) is 7.61. The van der Waals surface area contributed by atoms with Crippen LogP contribution in [-0.2, 0) is 9.47 Å². The average molecular weight is 371 g/mol. The monoisotopic (exact) mass is 370 g/mol. The van der Waals surface area contributed by atoms with Crippen molar-refractivity contribution in [1.29, 1.82) is 0 Å². The molecule has 134 valence electrons. The number of fused-ring (bicyclic) bond motifs is 1. The molecule has 0 aliphatic heterocycles. The van der Waals surface area contributed by atoms with Crippen LogP contribution in [0.4, 0.5) is 0 Å². The summed E-state index contributed by atoms with van der Waals surface area (Å²) in [4.78, 5) is 0. The number of ether oxygens (including phenoxy) is 2. The summed E-state index contributed by atoms with van der Waals surface area (Å²) in [5, 5.41) is 0. The van der Waals surface area contributed by atoms with Crippen LogP contribution in [0.25, 0.3) is 0 Å². The third-order valence-electron chi connectivity index (χ3n) is 4.57. The van der Waals surface area contributed by atoms with Gasteiger partial charge in [0.15, 0.2) is 0 Å². The molecule has 2 aliphatic rings. The number of hydrogen-bond acceptors (Lipinski definition) is 2. The molecule has 0 N–H and O–H groups in total. The molecule has 0 aromatic carbocycles. The van der Waals surface area contributed by atoms with Gasteiger partial charge in [0.25, 0.3) is 0 Å². The van der Waals surface area contributed by atoms with Gasteiger partial charge in [-0.25, -0.2) is 0 Å². The number of alkyl halides is 2. The van der Waals surface area contributed by atoms with Crippen molar-refractivity contribution < 1.29 is 9.47 Å². The van der Waals surface area contributed by atoms with Crippen LogP contribution in [0.1, 0.15) is 39.5 Å². The highest BCUT2D eigenvalue weighted by Crippen LogP contribution is 2.42. The fourth-order valence-electron chi connectivity index (χ4n) is 3.09. The van der Waals surface area contributed by atoms with E-state index < -0.39 is 11.2 Å². The summed E-state index contributed by atoms with van der Waals surface area (Å²) >= 11 is 11.5. The third-order valence-corrected chi connectivity index (χ3v) is 5.11. The SMILES string of the molecule is CC1(OCCCCCl)C=CC=C2C1=CC=CC2(C)OCCCCCl. The van der Waals surface area contributed by atoms with Gasteiger partial charge in [-0.3, -0.25) is 0 Å². The minimum Gasteiger partial charge on any atom is -0.366 e. The molecule has 2 aliphatic carbocycles. The molecular formula is C20H28Cl2O2. The van der Waals surface area contributed by atoms with Gasteiger partial charge in [-0.15, -0.1) is 23.2 Å². The van der Waals surface area contributed by atoms with Gasteiger partial charge in [0.1, 0.15) is 11.2 Å². The van der Waals surface area contributed by atoms with Crippen molar-refractivity contribution in [3.05, 3.63) is 47.6 Å². The molecule has 2 atom stereocenters. The second kappa shape index (κ2) is 9.24. The van der Waals surface area contributed by atoms with Gasteiger partial charge in [0, 0.05) is 25.0 Å². The topological polar surface area (TPSA) is 18.5 Å². The van der Waals surface area contributed by atoms with Crippen molar-refractivity contribution >= 4 is 23.2 Å². The molecule has 0 saturated carbocycles. The van der Waals surface area contributed by atoms with E-state index in [1.807, 2.05) is 0 Å². The van der Waals surface area contributed by atoms with Gasteiger partial charge in [0.05, 0.1) is 0 Å². The Bertz CT molecular complexity index is 488. The highest BCUT2D eigenvalue weighted by atomic mass is 35.5. The zero-order chi connectivity index (χ0) is 17.5. The van der Waals surface area contributed by atoms with E-state index in [9.17, 15) is 0 Å². The third kappa shape index (κ3) is 4.76. The van der Waals surface area contributed by atoms with Crippen molar-refractivity contribution in [2.45, 2.75) is 50.7 Å². The fraction of sp³-hybridized carbons (Fsp3) is 0.600. The van der Waals surface area contributed by atoms with Gasteiger partial charge < -0.3 is 9.47 Å². The Balaban J connectivity index is 2.07. The van der Waals surface area contributed by atoms with Crippen LogP contribution < -0.4 is 0 Å². The minimum atomic E-state index is -0.415. The van der Waals surface area contributed by atoms with E-state index in [2.05, 4.69) is 50.3 Å². The molecule has 2 rings (SSSR count). The fourth-order valence-corrected chi connectivity index (χ4v) is 3.47. The zero-order valence-corrected chi connectivity index (χ0v) is 16.2. The molecule has 0 radical (unpaired) electrons. The first-order valence-electron chi connectivity index (χ1n) is 8.76. The second-order valence-corrected chi connectivity index (χ2v) is 7.34. The minimum absolute atomic E-state index is 0.415. The van der Waals surface area contributed by atoms with Crippen LogP contribution in [0, 0.1) is 0 Å². The van der Waals surface area contributed by atoms with E-state index in [0.717, 1.165) is 25.7 Å². The molecule has 0 spiro atoms. The van der Waals surface area contributed by atoms with Gasteiger partial charge in [0.2, 0.25) is 0 Å². The lowest BCUT2D eigenvalue weighted by atomic mass is 9.75. The summed E-state index contributed by atoms with van der Waals surface area (Å²) in [5.74, 6) is 1.36. The average Bonchev–Trinajstić information content (AvgIpc) is 2.57. The van der Waals surface area contributed by atoms with Crippen LogP contribution in [-0.4, -0.2) is 36.2 Å². The highest BCUT2D eigenvalue weighted by Gasteiger charge is 2.40. The van der Waals surface area contributed by atoms with Crippen LogP contribution in [0.5, 0.6) is 0 Å². The maximum atomic E-state index is 6.22. The van der Waals surface area contributed by atoms with E-state index in [1.54, 1.807) is 0 Å². The zero-order valence-electron chi connectivity index (χ0n) is 14.7. The Labute approximate surface area is 156 Å². The molecular weight excluding hydrogens is 343 g/mol. The quantitative estimate of drug-likeness (QED) is 0.369. The van der Waals surface area contributed by atoms with Crippen LogP contribution in [0.15, 0.2) is 47.6 Å². The first-order chi connectivity index (χ1) is 11.6. The van der Waals surface area contributed by atoms with Gasteiger partial charge in [-0.2, -0.15) is 0 Å². The molecule has 2 nitrogen and oxygen atoms in total. The lowest BCUT2D eigenvalue weighted by Gasteiger charge is -2.41. The maximum Gasteiger partial charge on any atom is 0.109 e. The maximum absolute atomic E-state index is 6.22. The summed E-state index contributed by atoms with van der Waals surface area (Å²) in [6.07, 6.45) is 16.6. The first-order valence-corrected chi connectivity index (χ1v) is 9.83. The molecule has 0 aromatic heterocycles.